The summed E-state index contributed by atoms with van der Waals surface area (Å²) in [5, 5.41) is 0. The smallest absolute Gasteiger partial charge is 0.168 e. The van der Waals surface area contributed by atoms with Gasteiger partial charge < -0.3 is 4.98 Å². The van der Waals surface area contributed by atoms with E-state index >= 15 is 0 Å². The number of nitrogens with zero attached hydrogens (tertiary/aromatic N) is 1. The SMILES string of the molecule is CC(C)(C)C(=O)c1ccc(-c2ncc[nH]2)cc1. The molecule has 17 heavy (non-hydrogen) atoms. The predicted molar refractivity (Wildman–Crippen MR) is 67.8 cm³/mol. The molecule has 0 aliphatic rings. The van der Waals surface area contributed by atoms with E-state index in [1.807, 2.05) is 45.0 Å². The van der Waals surface area contributed by atoms with Gasteiger partial charge >= 0.3 is 0 Å². The van der Waals surface area contributed by atoms with Gasteiger partial charge in [-0.1, -0.05) is 45.0 Å². The number of aromatic nitrogens is 2. The molecule has 0 spiro atoms. The number of nitrogens with one attached hydrogen (secondary N) is 1. The van der Waals surface area contributed by atoms with E-state index in [1.165, 1.54) is 0 Å². The molecule has 0 amide bonds. The van der Waals surface area contributed by atoms with Crippen molar-refractivity contribution in [1.82, 2.24) is 9.97 Å². The number of hydrogen-bond acceptors (Lipinski definition) is 2. The molecule has 88 valence electrons. The van der Waals surface area contributed by atoms with Crippen LogP contribution < -0.4 is 0 Å². The number of Topliss-reactive ketones (excluding diaryl/α,β-unsaturated/α-hetero) is 1. The Morgan fingerprint density at radius 1 is 1.18 bits per heavy atom. The first-order valence-corrected chi connectivity index (χ1v) is 5.63. The fourth-order valence-corrected chi connectivity index (χ4v) is 1.64. The molecule has 1 heterocycles. The molecule has 0 atom stereocenters. The molecule has 0 saturated carbocycles. The number of ketones is 1. The molecule has 1 N–H and O–H groups in total. The third-order valence-corrected chi connectivity index (χ3v) is 2.60. The van der Waals surface area contributed by atoms with E-state index in [2.05, 4.69) is 9.97 Å². The molecular weight excluding hydrogens is 212 g/mol. The van der Waals surface area contributed by atoms with E-state index in [1.54, 1.807) is 12.4 Å². The largest absolute Gasteiger partial charge is 0.345 e. The first-order chi connectivity index (χ1) is 7.98. The van der Waals surface area contributed by atoms with Crippen molar-refractivity contribution in [3.63, 3.8) is 0 Å². The summed E-state index contributed by atoms with van der Waals surface area (Å²) < 4.78 is 0. The number of carbonyl (C=O) groups is 1. The summed E-state index contributed by atoms with van der Waals surface area (Å²) in [7, 11) is 0. The second kappa shape index (κ2) is 4.17. The minimum Gasteiger partial charge on any atom is -0.345 e. The van der Waals surface area contributed by atoms with Crippen molar-refractivity contribution >= 4 is 5.78 Å². The Balaban J connectivity index is 2.28. The molecule has 0 unspecified atom stereocenters. The molecule has 2 rings (SSSR count). The van der Waals surface area contributed by atoms with Crippen molar-refractivity contribution in [2.45, 2.75) is 20.8 Å². The molecule has 3 nitrogen and oxygen atoms in total. The van der Waals surface area contributed by atoms with Crippen LogP contribution >= 0.6 is 0 Å². The number of H-pyrrole nitrogens is 1. The first kappa shape index (κ1) is 11.6. The van der Waals surface area contributed by atoms with Gasteiger partial charge in [0.1, 0.15) is 5.82 Å². The lowest BCUT2D eigenvalue weighted by Gasteiger charge is -2.16. The summed E-state index contributed by atoms with van der Waals surface area (Å²) in [5.74, 6) is 0.975. The molecule has 2 aromatic rings. The summed E-state index contributed by atoms with van der Waals surface area (Å²) >= 11 is 0. The third kappa shape index (κ3) is 2.44. The average Bonchev–Trinajstić information content (AvgIpc) is 2.80. The lowest BCUT2D eigenvalue weighted by Crippen LogP contribution is -2.19. The Morgan fingerprint density at radius 3 is 2.29 bits per heavy atom. The first-order valence-electron chi connectivity index (χ1n) is 5.63. The maximum absolute atomic E-state index is 12.0. The van der Waals surface area contributed by atoms with Gasteiger partial charge in [-0.15, -0.1) is 0 Å². The molecule has 0 saturated heterocycles. The summed E-state index contributed by atoms with van der Waals surface area (Å²) in [6.45, 7) is 5.78. The Hall–Kier alpha value is -1.90. The van der Waals surface area contributed by atoms with Crippen LogP contribution in [0.5, 0.6) is 0 Å². The van der Waals surface area contributed by atoms with Gasteiger partial charge in [-0.25, -0.2) is 4.98 Å². The number of aromatic amines is 1. The number of hydrogen-bond donors (Lipinski definition) is 1. The monoisotopic (exact) mass is 228 g/mol. The van der Waals surface area contributed by atoms with E-state index in [4.69, 9.17) is 0 Å². The van der Waals surface area contributed by atoms with Gasteiger partial charge in [0, 0.05) is 28.9 Å². The van der Waals surface area contributed by atoms with Gasteiger partial charge in [-0.3, -0.25) is 4.79 Å². The number of imidazole rings is 1. The van der Waals surface area contributed by atoms with Gasteiger partial charge in [0.25, 0.3) is 0 Å². The zero-order valence-electron chi connectivity index (χ0n) is 10.3. The number of benzene rings is 1. The predicted octanol–water partition coefficient (Wildman–Crippen LogP) is 3.31. The fraction of sp³-hybridized carbons (Fsp3) is 0.286. The van der Waals surface area contributed by atoms with E-state index in [-0.39, 0.29) is 11.2 Å². The highest BCUT2D eigenvalue weighted by Gasteiger charge is 2.22. The maximum Gasteiger partial charge on any atom is 0.168 e. The van der Waals surface area contributed by atoms with Gasteiger partial charge in [0.15, 0.2) is 5.78 Å². The van der Waals surface area contributed by atoms with Crippen LogP contribution in [0.15, 0.2) is 36.7 Å². The van der Waals surface area contributed by atoms with E-state index in [0.29, 0.717) is 0 Å². The molecular formula is C14H16N2O. The molecule has 3 heteroatoms. The van der Waals surface area contributed by atoms with Crippen molar-refractivity contribution in [3.05, 3.63) is 42.2 Å². The molecule has 0 radical (unpaired) electrons. The second-order valence-corrected chi connectivity index (χ2v) is 5.09. The van der Waals surface area contributed by atoms with Crippen LogP contribution in [0.3, 0.4) is 0 Å². The summed E-state index contributed by atoms with van der Waals surface area (Å²) in [5.41, 5.74) is 1.39. The van der Waals surface area contributed by atoms with Crippen molar-refractivity contribution < 1.29 is 4.79 Å². The summed E-state index contributed by atoms with van der Waals surface area (Å²) in [6, 6.07) is 7.53. The zero-order chi connectivity index (χ0) is 12.5. The summed E-state index contributed by atoms with van der Waals surface area (Å²) in [6.07, 6.45) is 3.49. The van der Waals surface area contributed by atoms with E-state index < -0.39 is 0 Å². The zero-order valence-corrected chi connectivity index (χ0v) is 10.3. The van der Waals surface area contributed by atoms with Crippen molar-refractivity contribution in [1.29, 1.82) is 0 Å². The van der Waals surface area contributed by atoms with Crippen LogP contribution in [0.25, 0.3) is 11.4 Å². The highest BCUT2D eigenvalue weighted by Crippen LogP contribution is 2.22. The normalized spacial score (nSPS) is 11.5. The van der Waals surface area contributed by atoms with Gasteiger partial charge in [-0.05, 0) is 0 Å². The average molecular weight is 228 g/mol. The van der Waals surface area contributed by atoms with Crippen LogP contribution in [-0.4, -0.2) is 15.8 Å². The van der Waals surface area contributed by atoms with Gasteiger partial charge in [0.05, 0.1) is 0 Å². The number of carbonyl (C=O) groups excluding carboxylic acids is 1. The molecule has 1 aromatic heterocycles. The van der Waals surface area contributed by atoms with Crippen LogP contribution in [-0.2, 0) is 0 Å². The van der Waals surface area contributed by atoms with Gasteiger partial charge in [0.2, 0.25) is 0 Å². The molecule has 0 aliphatic carbocycles. The minimum atomic E-state index is -0.341. The topological polar surface area (TPSA) is 45.8 Å². The van der Waals surface area contributed by atoms with Crippen LogP contribution in [0.4, 0.5) is 0 Å². The Labute approximate surface area is 101 Å². The standard InChI is InChI=1S/C14H16N2O/c1-14(2,3)12(17)10-4-6-11(7-5-10)13-15-8-9-16-13/h4-9H,1-3H3,(H,15,16). The summed E-state index contributed by atoms with van der Waals surface area (Å²) in [4.78, 5) is 19.2. The van der Waals surface area contributed by atoms with Crippen molar-refractivity contribution in [2.75, 3.05) is 0 Å². The quantitative estimate of drug-likeness (QED) is 0.801. The van der Waals surface area contributed by atoms with Crippen molar-refractivity contribution in [2.24, 2.45) is 5.41 Å². The third-order valence-electron chi connectivity index (χ3n) is 2.60. The van der Waals surface area contributed by atoms with Crippen molar-refractivity contribution in [3.8, 4) is 11.4 Å². The molecule has 1 aromatic carbocycles. The minimum absolute atomic E-state index is 0.156. The Morgan fingerprint density at radius 2 is 1.82 bits per heavy atom. The second-order valence-electron chi connectivity index (χ2n) is 5.09. The van der Waals surface area contributed by atoms with E-state index in [0.717, 1.165) is 17.0 Å². The lowest BCUT2D eigenvalue weighted by atomic mass is 9.86. The fourth-order valence-electron chi connectivity index (χ4n) is 1.64. The highest BCUT2D eigenvalue weighted by molar-refractivity contribution is 6.00. The Kier molecular flexibility index (Phi) is 2.84. The molecule has 0 bridgehead atoms. The van der Waals surface area contributed by atoms with Crippen LogP contribution in [0.1, 0.15) is 31.1 Å². The molecule has 0 fully saturated rings. The van der Waals surface area contributed by atoms with Gasteiger partial charge in [-0.2, -0.15) is 0 Å². The number of rotatable bonds is 2. The Bertz CT molecular complexity index is 504. The maximum atomic E-state index is 12.0. The van der Waals surface area contributed by atoms with E-state index in [9.17, 15) is 4.79 Å². The highest BCUT2D eigenvalue weighted by atomic mass is 16.1. The van der Waals surface area contributed by atoms with Crippen LogP contribution in [0, 0.1) is 5.41 Å². The molecule has 0 aliphatic heterocycles. The lowest BCUT2D eigenvalue weighted by molar-refractivity contribution is 0.0858. The van der Waals surface area contributed by atoms with Crippen LogP contribution in [0.2, 0.25) is 0 Å².